The van der Waals surface area contributed by atoms with Gasteiger partial charge in [0.15, 0.2) is 11.5 Å². The van der Waals surface area contributed by atoms with Crippen LogP contribution in [0, 0.1) is 13.8 Å². The van der Waals surface area contributed by atoms with Gasteiger partial charge in [0.2, 0.25) is 15.9 Å². The van der Waals surface area contributed by atoms with Crippen LogP contribution in [0.3, 0.4) is 0 Å². The zero-order valence-electron chi connectivity index (χ0n) is 17.5. The molecular formula is C21H28N2O5S. The van der Waals surface area contributed by atoms with Crippen LogP contribution in [-0.2, 0) is 14.8 Å². The number of anilines is 1. The maximum Gasteiger partial charge on any atom is 0.243 e. The van der Waals surface area contributed by atoms with Crippen molar-refractivity contribution < 1.29 is 22.7 Å². The van der Waals surface area contributed by atoms with Gasteiger partial charge in [-0.2, -0.15) is 4.31 Å². The van der Waals surface area contributed by atoms with Crippen molar-refractivity contribution in [3.8, 4) is 11.5 Å². The standard InChI is InChI=1S/C21H28N2O5S/c1-6-27-19-12-11-17(13-20(19)28-7-2)29(25,26)23(5)14-21(24)22-18-10-8-9-15(3)16(18)4/h8-13H,6-7,14H2,1-5H3,(H,22,24). The number of nitrogens with zero attached hydrogens (tertiary/aromatic N) is 1. The van der Waals surface area contributed by atoms with Crippen molar-refractivity contribution in [1.29, 1.82) is 0 Å². The number of sulfonamides is 1. The first-order valence-corrected chi connectivity index (χ1v) is 10.9. The fraction of sp³-hybridized carbons (Fsp3) is 0.381. The van der Waals surface area contributed by atoms with Crippen LogP contribution in [0.15, 0.2) is 41.3 Å². The van der Waals surface area contributed by atoms with E-state index in [1.54, 1.807) is 19.1 Å². The van der Waals surface area contributed by atoms with E-state index in [2.05, 4.69) is 5.32 Å². The summed E-state index contributed by atoms with van der Waals surface area (Å²) in [6.07, 6.45) is 0. The second-order valence-corrected chi connectivity index (χ2v) is 8.58. The summed E-state index contributed by atoms with van der Waals surface area (Å²) in [5.74, 6) is 0.410. The smallest absolute Gasteiger partial charge is 0.243 e. The summed E-state index contributed by atoms with van der Waals surface area (Å²) in [7, 11) is -2.51. The zero-order valence-corrected chi connectivity index (χ0v) is 18.3. The van der Waals surface area contributed by atoms with Crippen molar-refractivity contribution in [3.05, 3.63) is 47.5 Å². The van der Waals surface area contributed by atoms with Crippen molar-refractivity contribution in [3.63, 3.8) is 0 Å². The molecule has 0 aliphatic heterocycles. The Labute approximate surface area is 172 Å². The van der Waals surface area contributed by atoms with Gasteiger partial charge in [-0.1, -0.05) is 12.1 Å². The number of carbonyl (C=O) groups is 1. The molecule has 0 aliphatic carbocycles. The lowest BCUT2D eigenvalue weighted by Crippen LogP contribution is -2.35. The topological polar surface area (TPSA) is 84.9 Å². The maximum atomic E-state index is 12.9. The van der Waals surface area contributed by atoms with E-state index in [1.807, 2.05) is 32.9 Å². The van der Waals surface area contributed by atoms with Crippen LogP contribution in [0.5, 0.6) is 11.5 Å². The van der Waals surface area contributed by atoms with Gasteiger partial charge in [-0.3, -0.25) is 4.79 Å². The fourth-order valence-corrected chi connectivity index (χ4v) is 3.88. The molecule has 0 aliphatic rings. The number of nitrogens with one attached hydrogen (secondary N) is 1. The number of hydrogen-bond donors (Lipinski definition) is 1. The van der Waals surface area contributed by atoms with E-state index < -0.39 is 15.9 Å². The van der Waals surface area contributed by atoms with Crippen LogP contribution < -0.4 is 14.8 Å². The average molecular weight is 421 g/mol. The Kier molecular flexibility index (Phi) is 7.64. The molecule has 0 fully saturated rings. The Hall–Kier alpha value is -2.58. The van der Waals surface area contributed by atoms with Crippen LogP contribution in [0.25, 0.3) is 0 Å². The van der Waals surface area contributed by atoms with Crippen molar-refractivity contribution in [2.45, 2.75) is 32.6 Å². The van der Waals surface area contributed by atoms with E-state index in [1.165, 1.54) is 19.2 Å². The van der Waals surface area contributed by atoms with E-state index in [-0.39, 0.29) is 11.4 Å². The van der Waals surface area contributed by atoms with Crippen LogP contribution >= 0.6 is 0 Å². The molecule has 7 nitrogen and oxygen atoms in total. The normalized spacial score (nSPS) is 11.4. The first-order chi connectivity index (χ1) is 13.7. The molecule has 1 N–H and O–H groups in total. The number of benzene rings is 2. The van der Waals surface area contributed by atoms with Crippen molar-refractivity contribution >= 4 is 21.6 Å². The molecule has 0 saturated heterocycles. The minimum Gasteiger partial charge on any atom is -0.490 e. The minimum absolute atomic E-state index is 0.0337. The molecule has 2 aromatic rings. The van der Waals surface area contributed by atoms with Gasteiger partial charge >= 0.3 is 0 Å². The Balaban J connectivity index is 2.18. The van der Waals surface area contributed by atoms with Gasteiger partial charge in [0.05, 0.1) is 24.7 Å². The molecule has 2 rings (SSSR count). The highest BCUT2D eigenvalue weighted by atomic mass is 32.2. The lowest BCUT2D eigenvalue weighted by atomic mass is 10.1. The van der Waals surface area contributed by atoms with Gasteiger partial charge in [0.25, 0.3) is 0 Å². The number of hydrogen-bond acceptors (Lipinski definition) is 5. The van der Waals surface area contributed by atoms with Gasteiger partial charge in [-0.25, -0.2) is 8.42 Å². The summed E-state index contributed by atoms with van der Waals surface area (Å²) in [6.45, 7) is 7.99. The zero-order chi connectivity index (χ0) is 21.6. The lowest BCUT2D eigenvalue weighted by molar-refractivity contribution is -0.116. The van der Waals surface area contributed by atoms with E-state index in [0.717, 1.165) is 15.4 Å². The molecular weight excluding hydrogens is 392 g/mol. The summed E-state index contributed by atoms with van der Waals surface area (Å²) in [6, 6.07) is 10.0. The SMILES string of the molecule is CCOc1ccc(S(=O)(=O)N(C)CC(=O)Nc2cccc(C)c2C)cc1OCC. The number of amides is 1. The Morgan fingerprint density at radius 3 is 2.34 bits per heavy atom. The predicted octanol–water partition coefficient (Wildman–Crippen LogP) is 3.36. The molecule has 0 heterocycles. The van der Waals surface area contributed by atoms with Crippen LogP contribution in [0.2, 0.25) is 0 Å². The van der Waals surface area contributed by atoms with Gasteiger partial charge in [0, 0.05) is 18.8 Å². The van der Waals surface area contributed by atoms with E-state index in [9.17, 15) is 13.2 Å². The Bertz CT molecular complexity index is 973. The first-order valence-electron chi connectivity index (χ1n) is 9.42. The van der Waals surface area contributed by atoms with Crippen molar-refractivity contribution in [1.82, 2.24) is 4.31 Å². The molecule has 158 valence electrons. The molecule has 0 atom stereocenters. The van der Waals surface area contributed by atoms with Gasteiger partial charge < -0.3 is 14.8 Å². The Morgan fingerprint density at radius 2 is 1.69 bits per heavy atom. The van der Waals surface area contributed by atoms with Crippen molar-refractivity contribution in [2.24, 2.45) is 0 Å². The maximum absolute atomic E-state index is 12.9. The highest BCUT2D eigenvalue weighted by molar-refractivity contribution is 7.89. The largest absolute Gasteiger partial charge is 0.490 e. The van der Waals surface area contributed by atoms with E-state index in [0.29, 0.717) is 30.4 Å². The molecule has 29 heavy (non-hydrogen) atoms. The van der Waals surface area contributed by atoms with Crippen LogP contribution in [0.4, 0.5) is 5.69 Å². The molecule has 2 aromatic carbocycles. The summed E-state index contributed by atoms with van der Waals surface area (Å²) in [4.78, 5) is 12.4. The second-order valence-electron chi connectivity index (χ2n) is 6.53. The van der Waals surface area contributed by atoms with E-state index in [4.69, 9.17) is 9.47 Å². The molecule has 1 amide bonds. The van der Waals surface area contributed by atoms with E-state index >= 15 is 0 Å². The van der Waals surface area contributed by atoms with Gasteiger partial charge in [-0.05, 0) is 57.0 Å². The average Bonchev–Trinajstić information content (AvgIpc) is 2.67. The first kappa shape index (κ1) is 22.7. The summed E-state index contributed by atoms with van der Waals surface area (Å²) in [5.41, 5.74) is 2.65. The lowest BCUT2D eigenvalue weighted by Gasteiger charge is -2.19. The monoisotopic (exact) mass is 420 g/mol. The number of rotatable bonds is 9. The number of ether oxygens (including phenoxy) is 2. The van der Waals surface area contributed by atoms with Crippen LogP contribution in [-0.4, -0.2) is 45.4 Å². The third-order valence-electron chi connectivity index (χ3n) is 4.47. The Morgan fingerprint density at radius 1 is 1.03 bits per heavy atom. The highest BCUT2D eigenvalue weighted by Gasteiger charge is 2.25. The predicted molar refractivity (Wildman–Crippen MR) is 113 cm³/mol. The quantitative estimate of drug-likeness (QED) is 0.672. The number of carbonyl (C=O) groups excluding carboxylic acids is 1. The second kappa shape index (κ2) is 9.76. The molecule has 0 aromatic heterocycles. The summed E-state index contributed by atoms with van der Waals surface area (Å²) >= 11 is 0. The fourth-order valence-electron chi connectivity index (χ4n) is 2.74. The molecule has 0 spiro atoms. The molecule has 8 heteroatoms. The van der Waals surface area contributed by atoms with Crippen molar-refractivity contribution in [2.75, 3.05) is 32.1 Å². The molecule has 0 unspecified atom stereocenters. The molecule has 0 radical (unpaired) electrons. The third kappa shape index (κ3) is 5.48. The van der Waals surface area contributed by atoms with Gasteiger partial charge in [0.1, 0.15) is 0 Å². The summed E-state index contributed by atoms with van der Waals surface area (Å²) in [5, 5.41) is 2.77. The summed E-state index contributed by atoms with van der Waals surface area (Å²) < 4.78 is 37.8. The third-order valence-corrected chi connectivity index (χ3v) is 6.27. The highest BCUT2D eigenvalue weighted by Crippen LogP contribution is 2.31. The number of likely N-dealkylation sites (N-methyl/N-ethyl adjacent to an activating group) is 1. The number of aryl methyl sites for hydroxylation is 1. The minimum atomic E-state index is -3.88. The molecule has 0 saturated carbocycles. The molecule has 0 bridgehead atoms. The van der Waals surface area contributed by atoms with Gasteiger partial charge in [-0.15, -0.1) is 0 Å². The van der Waals surface area contributed by atoms with Crippen LogP contribution in [0.1, 0.15) is 25.0 Å².